The first kappa shape index (κ1) is 16.4. The normalized spacial score (nSPS) is 19.2. The molecule has 21 heavy (non-hydrogen) atoms. The molecule has 1 fully saturated rings. The van der Waals surface area contributed by atoms with Crippen LogP contribution in [-0.4, -0.2) is 54.2 Å². The zero-order chi connectivity index (χ0) is 15.4. The van der Waals surface area contributed by atoms with E-state index in [2.05, 4.69) is 37.2 Å². The molecule has 114 valence electrons. The molecule has 0 spiro atoms. The SMILES string of the molecule is O=C(CN1CCOC(C(=O)O)C1)Nc1ccc(Br)cc1Br. The molecule has 2 N–H and O–H groups in total. The number of carboxylic acids is 1. The maximum Gasteiger partial charge on any atom is 0.334 e. The minimum atomic E-state index is -1.00. The summed E-state index contributed by atoms with van der Waals surface area (Å²) in [5.41, 5.74) is 0.672. The molecular formula is C13H14Br2N2O4. The highest BCUT2D eigenvalue weighted by Crippen LogP contribution is 2.26. The minimum absolute atomic E-state index is 0.135. The van der Waals surface area contributed by atoms with Crippen molar-refractivity contribution in [2.75, 3.05) is 31.6 Å². The number of anilines is 1. The lowest BCUT2D eigenvalue weighted by atomic mass is 10.2. The lowest BCUT2D eigenvalue weighted by Gasteiger charge is -2.30. The van der Waals surface area contributed by atoms with E-state index in [1.807, 2.05) is 12.1 Å². The molecule has 2 rings (SSSR count). The zero-order valence-electron chi connectivity index (χ0n) is 11.0. The van der Waals surface area contributed by atoms with Crippen LogP contribution < -0.4 is 5.32 Å². The van der Waals surface area contributed by atoms with Gasteiger partial charge < -0.3 is 15.2 Å². The maximum absolute atomic E-state index is 12.0. The first-order valence-electron chi connectivity index (χ1n) is 6.27. The Morgan fingerprint density at radius 1 is 1.43 bits per heavy atom. The van der Waals surface area contributed by atoms with Crippen LogP contribution in [0.5, 0.6) is 0 Å². The van der Waals surface area contributed by atoms with E-state index in [-0.39, 0.29) is 19.0 Å². The molecule has 1 amide bonds. The Bertz CT molecular complexity index is 553. The van der Waals surface area contributed by atoms with Crippen LogP contribution in [0.15, 0.2) is 27.1 Å². The summed E-state index contributed by atoms with van der Waals surface area (Å²) in [5.74, 6) is -1.19. The lowest BCUT2D eigenvalue weighted by Crippen LogP contribution is -2.48. The summed E-state index contributed by atoms with van der Waals surface area (Å²) in [6.45, 7) is 1.20. The number of hydrogen-bond donors (Lipinski definition) is 2. The van der Waals surface area contributed by atoms with Crippen LogP contribution in [0.4, 0.5) is 5.69 Å². The highest BCUT2D eigenvalue weighted by Gasteiger charge is 2.27. The summed E-state index contributed by atoms with van der Waals surface area (Å²) >= 11 is 6.72. The fraction of sp³-hybridized carbons (Fsp3) is 0.385. The second kappa shape index (κ2) is 7.35. The molecule has 8 heteroatoms. The van der Waals surface area contributed by atoms with Gasteiger partial charge in [0.1, 0.15) is 0 Å². The molecule has 1 aromatic rings. The molecule has 1 saturated heterocycles. The van der Waals surface area contributed by atoms with E-state index in [0.717, 1.165) is 8.95 Å². The zero-order valence-corrected chi connectivity index (χ0v) is 14.2. The van der Waals surface area contributed by atoms with Crippen molar-refractivity contribution in [1.29, 1.82) is 0 Å². The number of benzene rings is 1. The van der Waals surface area contributed by atoms with Gasteiger partial charge in [-0.15, -0.1) is 0 Å². The Kier molecular flexibility index (Phi) is 5.74. The first-order valence-corrected chi connectivity index (χ1v) is 7.86. The Hall–Kier alpha value is -0.960. The fourth-order valence-corrected chi connectivity index (χ4v) is 3.13. The number of rotatable bonds is 4. The predicted molar refractivity (Wildman–Crippen MR) is 84.3 cm³/mol. The Labute approximate surface area is 138 Å². The van der Waals surface area contributed by atoms with E-state index in [4.69, 9.17) is 9.84 Å². The van der Waals surface area contributed by atoms with Crippen LogP contribution >= 0.6 is 31.9 Å². The van der Waals surface area contributed by atoms with Crippen molar-refractivity contribution < 1.29 is 19.4 Å². The van der Waals surface area contributed by atoms with E-state index in [1.165, 1.54) is 0 Å². The number of amides is 1. The van der Waals surface area contributed by atoms with Crippen LogP contribution in [0.3, 0.4) is 0 Å². The summed E-state index contributed by atoms with van der Waals surface area (Å²) in [7, 11) is 0. The second-order valence-corrected chi connectivity index (χ2v) is 6.38. The molecule has 1 heterocycles. The minimum Gasteiger partial charge on any atom is -0.479 e. The quantitative estimate of drug-likeness (QED) is 0.776. The predicted octanol–water partition coefficient (Wildman–Crippen LogP) is 1.94. The third-order valence-corrected chi connectivity index (χ3v) is 4.15. The average molecular weight is 422 g/mol. The summed E-state index contributed by atoms with van der Waals surface area (Å²) in [6, 6.07) is 5.45. The van der Waals surface area contributed by atoms with Crippen LogP contribution in [0.25, 0.3) is 0 Å². The van der Waals surface area contributed by atoms with Gasteiger partial charge in [-0.25, -0.2) is 4.79 Å². The Balaban J connectivity index is 1.91. The number of nitrogens with zero attached hydrogens (tertiary/aromatic N) is 1. The van der Waals surface area contributed by atoms with Crippen molar-refractivity contribution in [3.8, 4) is 0 Å². The van der Waals surface area contributed by atoms with Crippen LogP contribution in [0.1, 0.15) is 0 Å². The van der Waals surface area contributed by atoms with Crippen molar-refractivity contribution >= 4 is 49.4 Å². The molecule has 0 aliphatic carbocycles. The van der Waals surface area contributed by atoms with E-state index in [1.54, 1.807) is 11.0 Å². The number of carbonyl (C=O) groups is 2. The van der Waals surface area contributed by atoms with E-state index >= 15 is 0 Å². The molecule has 0 radical (unpaired) electrons. The molecule has 1 unspecified atom stereocenters. The lowest BCUT2D eigenvalue weighted by molar-refractivity contribution is -0.156. The molecule has 1 aliphatic rings. The number of carboxylic acid groups (broad SMARTS) is 1. The second-order valence-electron chi connectivity index (χ2n) is 4.61. The number of carbonyl (C=O) groups excluding carboxylic acids is 1. The van der Waals surface area contributed by atoms with Gasteiger partial charge >= 0.3 is 5.97 Å². The van der Waals surface area contributed by atoms with Gasteiger partial charge in [0.2, 0.25) is 5.91 Å². The number of nitrogens with one attached hydrogen (secondary N) is 1. The van der Waals surface area contributed by atoms with Gasteiger partial charge in [-0.1, -0.05) is 15.9 Å². The first-order chi connectivity index (χ1) is 9.95. The van der Waals surface area contributed by atoms with Gasteiger partial charge in [-0.05, 0) is 34.1 Å². The van der Waals surface area contributed by atoms with Crippen molar-refractivity contribution in [2.45, 2.75) is 6.10 Å². The maximum atomic E-state index is 12.0. The monoisotopic (exact) mass is 420 g/mol. The van der Waals surface area contributed by atoms with Crippen molar-refractivity contribution in [1.82, 2.24) is 4.90 Å². The van der Waals surface area contributed by atoms with E-state index in [0.29, 0.717) is 18.8 Å². The highest BCUT2D eigenvalue weighted by atomic mass is 79.9. The summed E-state index contributed by atoms with van der Waals surface area (Å²) in [6.07, 6.45) is -0.869. The van der Waals surface area contributed by atoms with Crippen LogP contribution in [0, 0.1) is 0 Å². The molecule has 6 nitrogen and oxygen atoms in total. The Morgan fingerprint density at radius 3 is 2.86 bits per heavy atom. The third kappa shape index (κ3) is 4.77. The van der Waals surface area contributed by atoms with Gasteiger partial charge in [0, 0.05) is 22.0 Å². The fourth-order valence-electron chi connectivity index (χ4n) is 1.98. The van der Waals surface area contributed by atoms with Crippen molar-refractivity contribution in [2.24, 2.45) is 0 Å². The van der Waals surface area contributed by atoms with Gasteiger partial charge in [0.15, 0.2) is 6.10 Å². The standard InChI is InChI=1S/C13H14Br2N2O4/c14-8-1-2-10(9(15)5-8)16-12(18)7-17-3-4-21-11(6-17)13(19)20/h1-2,5,11H,3-4,6-7H2,(H,16,18)(H,19,20). The van der Waals surface area contributed by atoms with Crippen LogP contribution in [-0.2, 0) is 14.3 Å². The number of aliphatic carboxylic acids is 1. The molecule has 0 bridgehead atoms. The number of halogens is 2. The van der Waals surface area contributed by atoms with Gasteiger partial charge in [-0.2, -0.15) is 0 Å². The topological polar surface area (TPSA) is 78.9 Å². The number of morpholine rings is 1. The van der Waals surface area contributed by atoms with E-state index < -0.39 is 12.1 Å². The molecule has 1 atom stereocenters. The highest BCUT2D eigenvalue weighted by molar-refractivity contribution is 9.11. The number of ether oxygens (including phenoxy) is 1. The van der Waals surface area contributed by atoms with Gasteiger partial charge in [-0.3, -0.25) is 9.69 Å². The molecule has 0 saturated carbocycles. The Morgan fingerprint density at radius 2 is 2.19 bits per heavy atom. The number of hydrogen-bond acceptors (Lipinski definition) is 4. The van der Waals surface area contributed by atoms with Crippen LogP contribution in [0.2, 0.25) is 0 Å². The molecule has 1 aliphatic heterocycles. The summed E-state index contributed by atoms with van der Waals surface area (Å²) in [5, 5.41) is 11.7. The van der Waals surface area contributed by atoms with E-state index in [9.17, 15) is 9.59 Å². The largest absolute Gasteiger partial charge is 0.479 e. The molecular weight excluding hydrogens is 408 g/mol. The van der Waals surface area contributed by atoms with Crippen molar-refractivity contribution in [3.05, 3.63) is 27.1 Å². The summed E-state index contributed by atoms with van der Waals surface area (Å²) in [4.78, 5) is 24.7. The smallest absolute Gasteiger partial charge is 0.334 e. The molecule has 0 aromatic heterocycles. The summed E-state index contributed by atoms with van der Waals surface area (Å²) < 4.78 is 6.80. The molecule has 1 aromatic carbocycles. The van der Waals surface area contributed by atoms with Crippen molar-refractivity contribution in [3.63, 3.8) is 0 Å². The van der Waals surface area contributed by atoms with Gasteiger partial charge in [0.05, 0.1) is 18.8 Å². The average Bonchev–Trinajstić information content (AvgIpc) is 2.42. The third-order valence-electron chi connectivity index (χ3n) is 3.00. The van der Waals surface area contributed by atoms with Gasteiger partial charge in [0.25, 0.3) is 0 Å².